The fraction of sp³-hybridized carbons (Fsp3) is 0.500. The molecule has 0 saturated heterocycles. The van der Waals surface area contributed by atoms with E-state index in [1.54, 1.807) is 19.1 Å². The second-order valence-electron chi connectivity index (χ2n) is 4.47. The molecular weight excluding hydrogens is 311 g/mol. The molecule has 0 heterocycles. The van der Waals surface area contributed by atoms with Gasteiger partial charge in [0.25, 0.3) is 0 Å². The van der Waals surface area contributed by atoms with Crippen molar-refractivity contribution in [3.05, 3.63) is 34.1 Å². The van der Waals surface area contributed by atoms with Gasteiger partial charge in [-0.1, -0.05) is 17.7 Å². The van der Waals surface area contributed by atoms with Crippen LogP contribution in [-0.2, 0) is 10.0 Å². The zero-order valence-electron chi connectivity index (χ0n) is 12.5. The van der Waals surface area contributed by atoms with Crippen LogP contribution in [0, 0.1) is 6.92 Å². The van der Waals surface area contributed by atoms with Gasteiger partial charge < -0.3 is 14.2 Å². The molecule has 0 aromatic heterocycles. The molecule has 20 heavy (non-hydrogen) atoms. The van der Waals surface area contributed by atoms with Crippen LogP contribution in [0.4, 0.5) is 0 Å². The van der Waals surface area contributed by atoms with Crippen molar-refractivity contribution in [3.63, 3.8) is 0 Å². The SMILES string of the molecule is CC(O)CN(C)C.Cc1ccc(S(=O)(=O)[N-]Cl)cc1.[Na+]. The largest absolute Gasteiger partial charge is 1.00 e. The van der Waals surface area contributed by atoms with E-state index in [0.717, 1.165) is 12.1 Å². The Bertz CT molecular complexity index is 458. The van der Waals surface area contributed by atoms with E-state index in [9.17, 15) is 8.42 Å². The molecule has 8 heteroatoms. The summed E-state index contributed by atoms with van der Waals surface area (Å²) in [6.07, 6.45) is -0.199. The number of sulfonamides is 1. The fourth-order valence-electron chi connectivity index (χ4n) is 1.28. The topological polar surface area (TPSA) is 71.7 Å². The van der Waals surface area contributed by atoms with Crippen LogP contribution in [0.5, 0.6) is 0 Å². The molecule has 1 aromatic rings. The molecule has 5 nitrogen and oxygen atoms in total. The Hall–Kier alpha value is 0.340. The normalized spacial score (nSPS) is 12.2. The first kappa shape index (κ1) is 22.6. The average Bonchev–Trinajstić information content (AvgIpc) is 2.28. The van der Waals surface area contributed by atoms with Crippen molar-refractivity contribution in [1.29, 1.82) is 0 Å². The summed E-state index contributed by atoms with van der Waals surface area (Å²) in [4.78, 5) is 2.06. The summed E-state index contributed by atoms with van der Waals surface area (Å²) in [6.45, 7) is 4.40. The molecule has 0 fully saturated rings. The molecule has 1 atom stereocenters. The summed E-state index contributed by atoms with van der Waals surface area (Å²) in [7, 11) is 0.250. The second kappa shape index (κ2) is 11.0. The molecule has 0 saturated carbocycles. The maximum Gasteiger partial charge on any atom is 1.00 e. The van der Waals surface area contributed by atoms with Crippen molar-refractivity contribution in [2.24, 2.45) is 0 Å². The number of hydrogen-bond donors (Lipinski definition) is 1. The molecule has 0 bridgehead atoms. The summed E-state index contributed by atoms with van der Waals surface area (Å²) in [5, 5.41) is 8.68. The second-order valence-corrected chi connectivity index (χ2v) is 6.44. The van der Waals surface area contributed by atoms with E-state index >= 15 is 0 Å². The average molecular weight is 331 g/mol. The quantitative estimate of drug-likeness (QED) is 0.730. The number of nitrogens with zero attached hydrogens (tertiary/aromatic N) is 2. The minimum absolute atomic E-state index is 0. The van der Waals surface area contributed by atoms with Gasteiger partial charge in [-0.2, -0.15) is 0 Å². The van der Waals surface area contributed by atoms with E-state index in [1.807, 2.05) is 25.9 Å². The van der Waals surface area contributed by atoms with Crippen LogP contribution < -0.4 is 29.6 Å². The standard InChI is InChI=1S/C7H7ClNO2S.C5H13NO.Na/c1-6-2-4-7(5-3-6)12(10,11)9-8;1-5(7)4-6(2)3;/h2-5H,1H3;5,7H,4H2,1-3H3;/q-1;;+1. The minimum atomic E-state index is -3.62. The van der Waals surface area contributed by atoms with Crippen LogP contribution in [-0.4, -0.2) is 45.2 Å². The first-order valence-corrected chi connectivity index (χ1v) is 7.44. The number of aryl methyl sites for hydroxylation is 1. The van der Waals surface area contributed by atoms with Gasteiger partial charge in [-0.3, -0.25) is 11.8 Å². The van der Waals surface area contributed by atoms with Crippen molar-refractivity contribution >= 4 is 21.8 Å². The Kier molecular flexibility index (Phi) is 12.4. The van der Waals surface area contributed by atoms with E-state index in [2.05, 4.69) is 4.24 Å². The van der Waals surface area contributed by atoms with E-state index < -0.39 is 10.0 Å². The Balaban J connectivity index is 0. The number of rotatable bonds is 4. The Morgan fingerprint density at radius 3 is 2.00 bits per heavy atom. The molecular formula is C12H20ClN2NaO3S. The summed E-state index contributed by atoms with van der Waals surface area (Å²) >= 11 is 4.90. The van der Waals surface area contributed by atoms with Crippen LogP contribution in [0.25, 0.3) is 4.24 Å². The van der Waals surface area contributed by atoms with Gasteiger partial charge in [-0.15, -0.1) is 0 Å². The van der Waals surface area contributed by atoms with Crippen molar-refractivity contribution < 1.29 is 43.1 Å². The van der Waals surface area contributed by atoms with Crippen LogP contribution in [0.15, 0.2) is 29.2 Å². The van der Waals surface area contributed by atoms with Gasteiger partial charge in [-0.05, 0) is 40.1 Å². The molecule has 1 N–H and O–H groups in total. The third-order valence-electron chi connectivity index (χ3n) is 2.04. The van der Waals surface area contributed by atoms with Gasteiger partial charge >= 0.3 is 29.6 Å². The Morgan fingerprint density at radius 1 is 1.30 bits per heavy atom. The van der Waals surface area contributed by atoms with Crippen LogP contribution in [0.2, 0.25) is 0 Å². The van der Waals surface area contributed by atoms with Gasteiger partial charge in [0, 0.05) is 11.4 Å². The first-order chi connectivity index (χ1) is 8.69. The van der Waals surface area contributed by atoms with Crippen LogP contribution in [0.3, 0.4) is 0 Å². The van der Waals surface area contributed by atoms with Gasteiger partial charge in [0.2, 0.25) is 0 Å². The van der Waals surface area contributed by atoms with Crippen molar-refractivity contribution in [3.8, 4) is 0 Å². The third kappa shape index (κ3) is 10.1. The molecule has 1 aromatic carbocycles. The monoisotopic (exact) mass is 330 g/mol. The zero-order valence-corrected chi connectivity index (χ0v) is 16.1. The molecule has 110 valence electrons. The summed E-state index contributed by atoms with van der Waals surface area (Å²) in [6, 6.07) is 6.32. The Morgan fingerprint density at radius 2 is 1.75 bits per heavy atom. The van der Waals surface area contributed by atoms with Gasteiger partial charge in [0.15, 0.2) is 0 Å². The maximum atomic E-state index is 11.0. The zero-order chi connectivity index (χ0) is 15.1. The molecule has 0 amide bonds. The summed E-state index contributed by atoms with van der Waals surface area (Å²) in [5.74, 6) is 0. The molecule has 1 rings (SSSR count). The van der Waals surface area contributed by atoms with Crippen LogP contribution >= 0.6 is 11.8 Å². The molecule has 1 unspecified atom stereocenters. The number of benzene rings is 1. The van der Waals surface area contributed by atoms with Gasteiger partial charge in [0.1, 0.15) is 10.0 Å². The smallest absolute Gasteiger partial charge is 0.458 e. The van der Waals surface area contributed by atoms with Crippen molar-refractivity contribution in [1.82, 2.24) is 4.90 Å². The van der Waals surface area contributed by atoms with E-state index in [-0.39, 0.29) is 40.6 Å². The number of aliphatic hydroxyl groups excluding tert-OH is 1. The molecule has 0 aliphatic rings. The molecule has 0 aliphatic carbocycles. The number of aliphatic hydroxyl groups is 1. The predicted molar refractivity (Wildman–Crippen MR) is 77.8 cm³/mol. The number of halogens is 1. The van der Waals surface area contributed by atoms with E-state index in [0.29, 0.717) is 0 Å². The fourth-order valence-corrected chi connectivity index (χ4v) is 2.08. The third-order valence-corrected chi connectivity index (χ3v) is 3.63. The van der Waals surface area contributed by atoms with Crippen molar-refractivity contribution in [2.75, 3.05) is 20.6 Å². The Labute approximate surface area is 148 Å². The van der Waals surface area contributed by atoms with Gasteiger partial charge in [0.05, 0.1) is 6.10 Å². The summed E-state index contributed by atoms with van der Waals surface area (Å²) in [5.41, 5.74) is 0.989. The predicted octanol–water partition coefficient (Wildman–Crippen LogP) is -0.856. The number of likely N-dealkylation sites (N-methyl/N-ethyl adjacent to an activating group) is 1. The number of hydrogen-bond acceptors (Lipinski definition) is 4. The van der Waals surface area contributed by atoms with Crippen LogP contribution in [0.1, 0.15) is 12.5 Å². The molecule has 0 radical (unpaired) electrons. The van der Waals surface area contributed by atoms with E-state index in [4.69, 9.17) is 16.9 Å². The van der Waals surface area contributed by atoms with Crippen molar-refractivity contribution in [2.45, 2.75) is 24.8 Å². The molecule has 0 aliphatic heterocycles. The molecule has 0 spiro atoms. The first-order valence-electron chi connectivity index (χ1n) is 5.66. The van der Waals surface area contributed by atoms with E-state index in [1.165, 1.54) is 12.1 Å². The van der Waals surface area contributed by atoms with Gasteiger partial charge in [-0.25, -0.2) is 8.42 Å². The minimum Gasteiger partial charge on any atom is -0.458 e. The summed E-state index contributed by atoms with van der Waals surface area (Å²) < 4.78 is 24.8. The maximum absolute atomic E-state index is 11.0.